The molecule has 0 unspecified atom stereocenters. The highest BCUT2D eigenvalue weighted by atomic mass is 19.1. The topological polar surface area (TPSA) is 46.5 Å². The van der Waals surface area contributed by atoms with E-state index in [9.17, 15) is 9.18 Å². The summed E-state index contributed by atoms with van der Waals surface area (Å²) in [6.45, 7) is 0.538. The third-order valence-electron chi connectivity index (χ3n) is 1.86. The van der Waals surface area contributed by atoms with Crippen LogP contribution in [0.2, 0.25) is 0 Å². The summed E-state index contributed by atoms with van der Waals surface area (Å²) in [5, 5.41) is 8.38. The zero-order chi connectivity index (χ0) is 8.27. The van der Waals surface area contributed by atoms with Crippen LogP contribution in [0.25, 0.3) is 0 Å². The number of rotatable bonds is 2. The molecule has 0 aromatic heterocycles. The number of carboxylic acids is 1. The molecule has 1 heterocycles. The van der Waals surface area contributed by atoms with Gasteiger partial charge in [0.25, 0.3) is 0 Å². The van der Waals surface area contributed by atoms with E-state index in [2.05, 4.69) is 0 Å². The van der Waals surface area contributed by atoms with Gasteiger partial charge in [0.05, 0.1) is 13.0 Å². The van der Waals surface area contributed by atoms with Gasteiger partial charge in [-0.25, -0.2) is 4.39 Å². The standard InChI is InChI=1S/C7H11FO3/c8-6-4-11-2-1-5(6)3-7(9)10/h5-6H,1-4H2,(H,9,10)/t5-,6+/m0/s1. The van der Waals surface area contributed by atoms with Crippen molar-refractivity contribution >= 4 is 5.97 Å². The SMILES string of the molecule is O=C(O)C[C@@H]1CCOC[C@H]1F. The van der Waals surface area contributed by atoms with E-state index in [4.69, 9.17) is 9.84 Å². The van der Waals surface area contributed by atoms with Crippen molar-refractivity contribution in [3.8, 4) is 0 Å². The van der Waals surface area contributed by atoms with Gasteiger partial charge < -0.3 is 9.84 Å². The minimum Gasteiger partial charge on any atom is -0.481 e. The van der Waals surface area contributed by atoms with Gasteiger partial charge in [0.1, 0.15) is 6.17 Å². The molecule has 0 amide bonds. The number of halogens is 1. The van der Waals surface area contributed by atoms with Gasteiger partial charge in [-0.3, -0.25) is 4.79 Å². The molecule has 1 aliphatic rings. The third-order valence-corrected chi connectivity index (χ3v) is 1.86. The molecule has 0 saturated carbocycles. The lowest BCUT2D eigenvalue weighted by Gasteiger charge is -2.24. The second-order valence-corrected chi connectivity index (χ2v) is 2.74. The first-order chi connectivity index (χ1) is 5.20. The van der Waals surface area contributed by atoms with Crippen LogP contribution in [0, 0.1) is 5.92 Å². The monoisotopic (exact) mass is 162 g/mol. The van der Waals surface area contributed by atoms with Crippen LogP contribution in [0.1, 0.15) is 12.8 Å². The Morgan fingerprint density at radius 2 is 2.45 bits per heavy atom. The Morgan fingerprint density at radius 3 is 3.00 bits per heavy atom. The van der Waals surface area contributed by atoms with E-state index < -0.39 is 12.1 Å². The summed E-state index contributed by atoms with van der Waals surface area (Å²) in [5.74, 6) is -1.28. The summed E-state index contributed by atoms with van der Waals surface area (Å²) in [7, 11) is 0. The summed E-state index contributed by atoms with van der Waals surface area (Å²) >= 11 is 0. The molecule has 1 fully saturated rings. The Hall–Kier alpha value is -0.640. The van der Waals surface area contributed by atoms with E-state index >= 15 is 0 Å². The maximum absolute atomic E-state index is 12.8. The number of carbonyl (C=O) groups is 1. The number of alkyl halides is 1. The molecule has 0 bridgehead atoms. The van der Waals surface area contributed by atoms with Gasteiger partial charge in [-0.05, 0) is 6.42 Å². The van der Waals surface area contributed by atoms with Gasteiger partial charge in [0.15, 0.2) is 0 Å². The molecule has 11 heavy (non-hydrogen) atoms. The third kappa shape index (κ3) is 2.46. The normalized spacial score (nSPS) is 31.7. The van der Waals surface area contributed by atoms with Crippen LogP contribution in [0.3, 0.4) is 0 Å². The smallest absolute Gasteiger partial charge is 0.303 e. The van der Waals surface area contributed by atoms with E-state index in [0.29, 0.717) is 13.0 Å². The molecule has 0 aromatic carbocycles. The van der Waals surface area contributed by atoms with Crippen molar-refractivity contribution in [1.82, 2.24) is 0 Å². The minimum atomic E-state index is -1.10. The van der Waals surface area contributed by atoms with Crippen LogP contribution in [-0.2, 0) is 9.53 Å². The Kier molecular flexibility index (Phi) is 2.82. The van der Waals surface area contributed by atoms with Gasteiger partial charge in [0, 0.05) is 12.5 Å². The predicted octanol–water partition coefficient (Wildman–Crippen LogP) is 0.836. The zero-order valence-corrected chi connectivity index (χ0v) is 6.12. The first-order valence-corrected chi connectivity index (χ1v) is 3.63. The highest BCUT2D eigenvalue weighted by molar-refractivity contribution is 5.67. The number of aliphatic carboxylic acids is 1. The van der Waals surface area contributed by atoms with E-state index in [1.165, 1.54) is 0 Å². The molecule has 64 valence electrons. The lowest BCUT2D eigenvalue weighted by Crippen LogP contribution is -2.30. The second kappa shape index (κ2) is 3.67. The molecule has 0 aliphatic carbocycles. The highest BCUT2D eigenvalue weighted by Crippen LogP contribution is 2.21. The molecule has 0 radical (unpaired) electrons. The summed E-state index contributed by atoms with van der Waals surface area (Å²) < 4.78 is 17.6. The fraction of sp³-hybridized carbons (Fsp3) is 0.857. The van der Waals surface area contributed by atoms with Crippen LogP contribution in [0.15, 0.2) is 0 Å². The molecule has 3 nitrogen and oxygen atoms in total. The summed E-state index contributed by atoms with van der Waals surface area (Å²) in [6.07, 6.45) is -0.655. The largest absolute Gasteiger partial charge is 0.481 e. The maximum Gasteiger partial charge on any atom is 0.303 e. The molecule has 1 rings (SSSR count). The summed E-state index contributed by atoms with van der Waals surface area (Å²) in [4.78, 5) is 10.2. The summed E-state index contributed by atoms with van der Waals surface area (Å²) in [6, 6.07) is 0. The quantitative estimate of drug-likeness (QED) is 0.654. The van der Waals surface area contributed by atoms with Gasteiger partial charge in [-0.15, -0.1) is 0 Å². The number of hydrogen-bond acceptors (Lipinski definition) is 2. The molecule has 1 N–H and O–H groups in total. The fourth-order valence-corrected chi connectivity index (χ4v) is 1.20. The van der Waals surface area contributed by atoms with E-state index in [0.717, 1.165) is 0 Å². The molecule has 4 heteroatoms. The molecule has 1 aliphatic heterocycles. The molecule has 0 spiro atoms. The van der Waals surface area contributed by atoms with Gasteiger partial charge >= 0.3 is 5.97 Å². The first-order valence-electron chi connectivity index (χ1n) is 3.63. The molecular formula is C7H11FO3. The van der Waals surface area contributed by atoms with Gasteiger partial charge in [-0.1, -0.05) is 0 Å². The van der Waals surface area contributed by atoms with Crippen molar-refractivity contribution in [2.75, 3.05) is 13.2 Å². The minimum absolute atomic E-state index is 0.0535. The molecule has 1 saturated heterocycles. The van der Waals surface area contributed by atoms with Gasteiger partial charge in [0.2, 0.25) is 0 Å². The van der Waals surface area contributed by atoms with Crippen LogP contribution in [-0.4, -0.2) is 30.5 Å². The van der Waals surface area contributed by atoms with Crippen LogP contribution in [0.5, 0.6) is 0 Å². The average molecular weight is 162 g/mol. The lowest BCUT2D eigenvalue weighted by molar-refractivity contribution is -0.140. The number of carboxylic acid groups (broad SMARTS) is 1. The second-order valence-electron chi connectivity index (χ2n) is 2.74. The zero-order valence-electron chi connectivity index (χ0n) is 6.12. The lowest BCUT2D eigenvalue weighted by atomic mass is 9.95. The van der Waals surface area contributed by atoms with Crippen molar-refractivity contribution in [3.05, 3.63) is 0 Å². The van der Waals surface area contributed by atoms with Crippen molar-refractivity contribution in [2.24, 2.45) is 5.92 Å². The number of hydrogen-bond donors (Lipinski definition) is 1. The number of ether oxygens (including phenoxy) is 1. The Morgan fingerprint density at radius 1 is 1.73 bits per heavy atom. The van der Waals surface area contributed by atoms with E-state index in [1.807, 2.05) is 0 Å². The van der Waals surface area contributed by atoms with Crippen molar-refractivity contribution in [3.63, 3.8) is 0 Å². The van der Waals surface area contributed by atoms with Crippen molar-refractivity contribution in [2.45, 2.75) is 19.0 Å². The van der Waals surface area contributed by atoms with Crippen LogP contribution < -0.4 is 0 Å². The Balaban J connectivity index is 2.35. The van der Waals surface area contributed by atoms with Crippen LogP contribution in [0.4, 0.5) is 4.39 Å². The summed E-state index contributed by atoms with van der Waals surface area (Å²) in [5.41, 5.74) is 0. The predicted molar refractivity (Wildman–Crippen MR) is 36.1 cm³/mol. The highest BCUT2D eigenvalue weighted by Gasteiger charge is 2.27. The van der Waals surface area contributed by atoms with E-state index in [-0.39, 0.29) is 18.9 Å². The first kappa shape index (κ1) is 8.46. The average Bonchev–Trinajstić information content (AvgIpc) is 1.93. The van der Waals surface area contributed by atoms with Gasteiger partial charge in [-0.2, -0.15) is 0 Å². The maximum atomic E-state index is 12.8. The van der Waals surface area contributed by atoms with Crippen molar-refractivity contribution < 1.29 is 19.0 Å². The Labute approximate surface area is 64.2 Å². The molecule has 2 atom stereocenters. The molecular weight excluding hydrogens is 151 g/mol. The van der Waals surface area contributed by atoms with Crippen molar-refractivity contribution in [1.29, 1.82) is 0 Å². The fourth-order valence-electron chi connectivity index (χ4n) is 1.20. The van der Waals surface area contributed by atoms with Crippen LogP contribution >= 0.6 is 0 Å². The molecule has 0 aromatic rings. The Bertz CT molecular complexity index is 149. The van der Waals surface area contributed by atoms with E-state index in [1.54, 1.807) is 0 Å².